The Hall–Kier alpha value is -2.29. The molecule has 2 aromatic rings. The van der Waals surface area contributed by atoms with Crippen molar-refractivity contribution in [3.8, 4) is 11.5 Å². The van der Waals surface area contributed by atoms with Gasteiger partial charge in [-0.15, -0.1) is 0 Å². The molecule has 98 valence electrons. The van der Waals surface area contributed by atoms with Gasteiger partial charge in [0.2, 0.25) is 0 Å². The first kappa shape index (κ1) is 13.1. The number of phenolic OH excluding ortho intramolecular Hbond substituents is 2. The van der Waals surface area contributed by atoms with Crippen LogP contribution in [0.2, 0.25) is 0 Å². The Morgan fingerprint density at radius 2 is 1.58 bits per heavy atom. The van der Waals surface area contributed by atoms with Crippen molar-refractivity contribution >= 4 is 5.78 Å². The highest BCUT2D eigenvalue weighted by atomic mass is 16.3. The number of carbonyl (C=O) groups is 1. The second-order valence-electron chi connectivity index (χ2n) is 4.56. The first-order valence-corrected chi connectivity index (χ1v) is 6.17. The van der Waals surface area contributed by atoms with E-state index in [0.717, 1.165) is 5.56 Å². The normalized spacial score (nSPS) is 10.4. The average molecular weight is 256 g/mol. The summed E-state index contributed by atoms with van der Waals surface area (Å²) in [6.45, 7) is 1.97. The molecule has 0 aromatic heterocycles. The van der Waals surface area contributed by atoms with Gasteiger partial charge in [-0.3, -0.25) is 4.79 Å². The third-order valence-corrected chi connectivity index (χ3v) is 3.10. The van der Waals surface area contributed by atoms with Crippen LogP contribution in [0.25, 0.3) is 0 Å². The molecule has 0 radical (unpaired) electrons. The van der Waals surface area contributed by atoms with E-state index in [0.29, 0.717) is 17.5 Å². The zero-order chi connectivity index (χ0) is 13.8. The Balaban J connectivity index is 2.06. The molecule has 0 unspecified atom stereocenters. The lowest BCUT2D eigenvalue weighted by atomic mass is 10.0. The Labute approximate surface area is 112 Å². The first-order valence-electron chi connectivity index (χ1n) is 6.17. The predicted molar refractivity (Wildman–Crippen MR) is 73.6 cm³/mol. The topological polar surface area (TPSA) is 57.5 Å². The number of hydrogen-bond acceptors (Lipinski definition) is 3. The summed E-state index contributed by atoms with van der Waals surface area (Å²) in [7, 11) is 0. The van der Waals surface area contributed by atoms with Crippen LogP contribution in [0, 0.1) is 6.92 Å². The van der Waals surface area contributed by atoms with Gasteiger partial charge in [-0.25, -0.2) is 0 Å². The molecule has 0 fully saturated rings. The summed E-state index contributed by atoms with van der Waals surface area (Å²) < 4.78 is 0. The van der Waals surface area contributed by atoms with Gasteiger partial charge >= 0.3 is 0 Å². The quantitative estimate of drug-likeness (QED) is 0.826. The summed E-state index contributed by atoms with van der Waals surface area (Å²) in [6.07, 6.45) is 0.583. The first-order chi connectivity index (χ1) is 9.08. The second kappa shape index (κ2) is 5.57. The van der Waals surface area contributed by atoms with Gasteiger partial charge < -0.3 is 10.2 Å². The Kier molecular flexibility index (Phi) is 3.85. The molecule has 0 aliphatic heterocycles. The van der Waals surface area contributed by atoms with E-state index >= 15 is 0 Å². The van der Waals surface area contributed by atoms with E-state index in [1.165, 1.54) is 12.1 Å². The fourth-order valence-electron chi connectivity index (χ4n) is 1.94. The van der Waals surface area contributed by atoms with Crippen LogP contribution in [0.4, 0.5) is 0 Å². The molecular formula is C16H16O3. The Morgan fingerprint density at radius 1 is 1.00 bits per heavy atom. The van der Waals surface area contributed by atoms with Crippen LogP contribution < -0.4 is 0 Å². The SMILES string of the molecule is Cc1ccc(C(=O)CCc2c(O)cccc2O)cc1. The molecule has 0 saturated heterocycles. The molecule has 0 aliphatic carbocycles. The van der Waals surface area contributed by atoms with Crippen LogP contribution in [-0.2, 0) is 6.42 Å². The number of aryl methyl sites for hydroxylation is 1. The van der Waals surface area contributed by atoms with Gasteiger partial charge in [0.15, 0.2) is 5.78 Å². The summed E-state index contributed by atoms with van der Waals surface area (Å²) >= 11 is 0. The zero-order valence-electron chi connectivity index (χ0n) is 10.8. The van der Waals surface area contributed by atoms with E-state index in [4.69, 9.17) is 0 Å². The zero-order valence-corrected chi connectivity index (χ0v) is 10.8. The lowest BCUT2D eigenvalue weighted by Crippen LogP contribution is -2.01. The number of hydrogen-bond donors (Lipinski definition) is 2. The van der Waals surface area contributed by atoms with Gasteiger partial charge in [0.25, 0.3) is 0 Å². The van der Waals surface area contributed by atoms with Gasteiger partial charge in [0.05, 0.1) is 0 Å². The van der Waals surface area contributed by atoms with E-state index in [1.807, 2.05) is 19.1 Å². The van der Waals surface area contributed by atoms with E-state index in [1.54, 1.807) is 18.2 Å². The van der Waals surface area contributed by atoms with E-state index in [2.05, 4.69) is 0 Å². The standard InChI is InChI=1S/C16H16O3/c1-11-5-7-12(8-6-11)14(17)10-9-13-15(18)3-2-4-16(13)19/h2-8,18-19H,9-10H2,1H3. The number of rotatable bonds is 4. The predicted octanol–water partition coefficient (Wildman–Crippen LogP) is 3.22. The summed E-state index contributed by atoms with van der Waals surface area (Å²) in [4.78, 5) is 12.0. The molecular weight excluding hydrogens is 240 g/mol. The largest absolute Gasteiger partial charge is 0.508 e. The van der Waals surface area contributed by atoms with E-state index in [-0.39, 0.29) is 23.7 Å². The van der Waals surface area contributed by atoms with Crippen molar-refractivity contribution in [1.29, 1.82) is 0 Å². The summed E-state index contributed by atoms with van der Waals surface area (Å²) in [6, 6.07) is 12.0. The van der Waals surface area contributed by atoms with Crippen molar-refractivity contribution in [3.05, 3.63) is 59.2 Å². The van der Waals surface area contributed by atoms with Crippen LogP contribution >= 0.6 is 0 Å². The molecule has 0 bridgehead atoms. The fraction of sp³-hybridized carbons (Fsp3) is 0.188. The maximum atomic E-state index is 12.0. The highest BCUT2D eigenvalue weighted by Gasteiger charge is 2.11. The van der Waals surface area contributed by atoms with Gasteiger partial charge in [-0.2, -0.15) is 0 Å². The Morgan fingerprint density at radius 3 is 2.16 bits per heavy atom. The van der Waals surface area contributed by atoms with Gasteiger partial charge in [-0.05, 0) is 25.5 Å². The number of benzene rings is 2. The number of phenols is 2. The molecule has 0 spiro atoms. The molecule has 3 heteroatoms. The molecule has 0 amide bonds. The lowest BCUT2D eigenvalue weighted by Gasteiger charge is -2.06. The lowest BCUT2D eigenvalue weighted by molar-refractivity contribution is 0.0982. The van der Waals surface area contributed by atoms with Crippen LogP contribution in [0.15, 0.2) is 42.5 Å². The average Bonchev–Trinajstić information content (AvgIpc) is 2.38. The summed E-state index contributed by atoms with van der Waals surface area (Å²) in [5, 5.41) is 19.3. The van der Waals surface area contributed by atoms with Gasteiger partial charge in [0.1, 0.15) is 11.5 Å². The number of ketones is 1. The molecule has 0 heterocycles. The number of aromatic hydroxyl groups is 2. The maximum absolute atomic E-state index is 12.0. The molecule has 0 atom stereocenters. The van der Waals surface area contributed by atoms with Crippen molar-refractivity contribution in [1.82, 2.24) is 0 Å². The minimum Gasteiger partial charge on any atom is -0.508 e. The third kappa shape index (κ3) is 3.13. The second-order valence-corrected chi connectivity index (χ2v) is 4.56. The summed E-state index contributed by atoms with van der Waals surface area (Å²) in [5.74, 6) is 0.0519. The smallest absolute Gasteiger partial charge is 0.163 e. The van der Waals surface area contributed by atoms with Crippen molar-refractivity contribution < 1.29 is 15.0 Å². The molecule has 2 aromatic carbocycles. The number of Topliss-reactive ketones (excluding diaryl/α,β-unsaturated/α-hetero) is 1. The minimum atomic E-state index is 0.00246. The maximum Gasteiger partial charge on any atom is 0.163 e. The highest BCUT2D eigenvalue weighted by molar-refractivity contribution is 5.96. The van der Waals surface area contributed by atoms with Crippen molar-refractivity contribution in [3.63, 3.8) is 0 Å². The van der Waals surface area contributed by atoms with E-state index < -0.39 is 0 Å². The van der Waals surface area contributed by atoms with Crippen molar-refractivity contribution in [2.75, 3.05) is 0 Å². The van der Waals surface area contributed by atoms with E-state index in [9.17, 15) is 15.0 Å². The van der Waals surface area contributed by atoms with Crippen LogP contribution in [-0.4, -0.2) is 16.0 Å². The minimum absolute atomic E-state index is 0.00246. The molecule has 19 heavy (non-hydrogen) atoms. The fourth-order valence-corrected chi connectivity index (χ4v) is 1.94. The monoisotopic (exact) mass is 256 g/mol. The van der Waals surface area contributed by atoms with Crippen LogP contribution in [0.5, 0.6) is 11.5 Å². The molecule has 0 saturated carbocycles. The van der Waals surface area contributed by atoms with Crippen LogP contribution in [0.3, 0.4) is 0 Å². The molecule has 3 nitrogen and oxygen atoms in total. The number of carbonyl (C=O) groups excluding carboxylic acids is 1. The third-order valence-electron chi connectivity index (χ3n) is 3.10. The van der Waals surface area contributed by atoms with Gasteiger partial charge in [-0.1, -0.05) is 35.9 Å². The highest BCUT2D eigenvalue weighted by Crippen LogP contribution is 2.27. The van der Waals surface area contributed by atoms with Crippen LogP contribution in [0.1, 0.15) is 27.9 Å². The molecule has 2 rings (SSSR count). The summed E-state index contributed by atoms with van der Waals surface area (Å²) in [5.41, 5.74) is 2.18. The van der Waals surface area contributed by atoms with Gasteiger partial charge in [0, 0.05) is 17.5 Å². The van der Waals surface area contributed by atoms with Crippen molar-refractivity contribution in [2.24, 2.45) is 0 Å². The molecule has 0 aliphatic rings. The Bertz CT molecular complexity index is 565. The van der Waals surface area contributed by atoms with Crippen molar-refractivity contribution in [2.45, 2.75) is 19.8 Å². The molecule has 2 N–H and O–H groups in total.